The Morgan fingerprint density at radius 1 is 1.22 bits per heavy atom. The summed E-state index contributed by atoms with van der Waals surface area (Å²) in [5.74, 6) is 0. The Morgan fingerprint density at radius 2 is 1.78 bits per heavy atom. The molecular formula is C7H8NS. The Balaban J connectivity index is 2.88. The maximum Gasteiger partial charge on any atom is 0.0378 e. The van der Waals surface area contributed by atoms with Crippen molar-refractivity contribution in [3.05, 3.63) is 24.3 Å². The maximum atomic E-state index is 4.89. The normalized spacial score (nSPS) is 9.00. The van der Waals surface area contributed by atoms with Gasteiger partial charge in [-0.05, 0) is 24.3 Å². The van der Waals surface area contributed by atoms with Crippen LogP contribution in [0.25, 0.3) is 0 Å². The van der Waals surface area contributed by atoms with Crippen molar-refractivity contribution in [2.45, 2.75) is 4.90 Å². The topological polar surface area (TPSA) is 12.0 Å². The molecule has 0 aliphatic carbocycles. The lowest BCUT2D eigenvalue weighted by Gasteiger charge is -1.96. The molecule has 1 aromatic carbocycles. The Hall–Kier alpha value is -0.760. The zero-order valence-corrected chi connectivity index (χ0v) is 6.03. The Morgan fingerprint density at radius 3 is 2.22 bits per heavy atom. The zero-order valence-electron chi connectivity index (χ0n) is 5.22. The van der Waals surface area contributed by atoms with Crippen LogP contribution in [0.4, 0.5) is 5.69 Å². The molecule has 0 aliphatic heterocycles. The van der Waals surface area contributed by atoms with Crippen LogP contribution in [-0.2, 0) is 0 Å². The first kappa shape index (κ1) is 6.36. The molecule has 0 unspecified atom stereocenters. The van der Waals surface area contributed by atoms with Crippen molar-refractivity contribution in [1.82, 2.24) is 0 Å². The van der Waals surface area contributed by atoms with E-state index in [0.717, 1.165) is 10.6 Å². The minimum Gasteiger partial charge on any atom is -0.388 e. The average Bonchev–Trinajstić information content (AvgIpc) is 1.90. The maximum absolute atomic E-state index is 4.89. The molecule has 0 fully saturated rings. The van der Waals surface area contributed by atoms with Crippen LogP contribution in [-0.4, -0.2) is 7.05 Å². The van der Waals surface area contributed by atoms with E-state index in [-0.39, 0.29) is 0 Å². The minimum atomic E-state index is 0.883. The lowest BCUT2D eigenvalue weighted by atomic mass is 10.3. The second-order valence-electron chi connectivity index (χ2n) is 1.77. The van der Waals surface area contributed by atoms with Crippen LogP contribution in [0, 0.1) is 0 Å². The van der Waals surface area contributed by atoms with E-state index in [2.05, 4.69) is 5.32 Å². The lowest BCUT2D eigenvalue weighted by molar-refractivity contribution is 1.43. The Kier molecular flexibility index (Phi) is 1.90. The van der Waals surface area contributed by atoms with Gasteiger partial charge >= 0.3 is 0 Å². The van der Waals surface area contributed by atoms with Gasteiger partial charge in [0.2, 0.25) is 0 Å². The van der Waals surface area contributed by atoms with E-state index in [0.29, 0.717) is 0 Å². The highest BCUT2D eigenvalue weighted by Gasteiger charge is 1.85. The third kappa shape index (κ3) is 1.57. The summed E-state index contributed by atoms with van der Waals surface area (Å²) in [5.41, 5.74) is 1.10. The highest BCUT2D eigenvalue weighted by Crippen LogP contribution is 2.10. The molecule has 1 radical (unpaired) electrons. The molecule has 0 aliphatic rings. The fraction of sp³-hybridized carbons (Fsp3) is 0.143. The summed E-state index contributed by atoms with van der Waals surface area (Å²) >= 11 is 4.89. The summed E-state index contributed by atoms with van der Waals surface area (Å²) in [7, 11) is 1.89. The number of benzene rings is 1. The van der Waals surface area contributed by atoms with E-state index in [9.17, 15) is 0 Å². The van der Waals surface area contributed by atoms with E-state index in [1.807, 2.05) is 31.3 Å². The quantitative estimate of drug-likeness (QED) is 0.627. The molecule has 0 heterocycles. The van der Waals surface area contributed by atoms with Gasteiger partial charge in [0.25, 0.3) is 0 Å². The summed E-state index contributed by atoms with van der Waals surface area (Å²) in [6, 6.07) is 7.73. The standard InChI is InChI=1S/C7H8NS/c1-8-6-2-4-7(9)5-3-6/h2-5,8H,1H3. The monoisotopic (exact) mass is 138 g/mol. The molecule has 1 nitrogen and oxygen atoms in total. The summed E-state index contributed by atoms with van der Waals surface area (Å²) in [4.78, 5) is 0.883. The van der Waals surface area contributed by atoms with Gasteiger partial charge in [-0.2, -0.15) is 0 Å². The largest absolute Gasteiger partial charge is 0.388 e. The summed E-state index contributed by atoms with van der Waals surface area (Å²) in [6.45, 7) is 0. The molecule has 0 saturated heterocycles. The molecule has 1 aromatic rings. The first-order valence-electron chi connectivity index (χ1n) is 2.78. The van der Waals surface area contributed by atoms with Gasteiger partial charge in [0.15, 0.2) is 0 Å². The molecule has 0 amide bonds. The molecule has 0 bridgehead atoms. The molecule has 2 heteroatoms. The van der Waals surface area contributed by atoms with Crippen LogP contribution in [0.2, 0.25) is 0 Å². The Bertz CT molecular complexity index is 181. The second kappa shape index (κ2) is 2.69. The van der Waals surface area contributed by atoms with Crippen LogP contribution < -0.4 is 5.32 Å². The van der Waals surface area contributed by atoms with Crippen LogP contribution in [0.1, 0.15) is 0 Å². The highest BCUT2D eigenvalue weighted by atomic mass is 32.1. The number of hydrogen-bond donors (Lipinski definition) is 1. The third-order valence-electron chi connectivity index (χ3n) is 1.14. The summed E-state index contributed by atoms with van der Waals surface area (Å²) < 4.78 is 0. The van der Waals surface area contributed by atoms with Crippen LogP contribution in [0.3, 0.4) is 0 Å². The van der Waals surface area contributed by atoms with Crippen molar-refractivity contribution in [3.8, 4) is 0 Å². The van der Waals surface area contributed by atoms with Gasteiger partial charge in [-0.15, -0.1) is 0 Å². The van der Waals surface area contributed by atoms with E-state index >= 15 is 0 Å². The number of hydrogen-bond acceptors (Lipinski definition) is 1. The molecule has 0 saturated carbocycles. The molecule has 1 rings (SSSR count). The van der Waals surface area contributed by atoms with Crippen molar-refractivity contribution < 1.29 is 0 Å². The van der Waals surface area contributed by atoms with Crippen LogP contribution >= 0.6 is 12.6 Å². The van der Waals surface area contributed by atoms with Gasteiger partial charge in [0.1, 0.15) is 0 Å². The van der Waals surface area contributed by atoms with E-state index in [4.69, 9.17) is 12.6 Å². The van der Waals surface area contributed by atoms with Gasteiger partial charge < -0.3 is 5.32 Å². The first-order chi connectivity index (χ1) is 4.33. The van der Waals surface area contributed by atoms with Gasteiger partial charge in [0.05, 0.1) is 0 Å². The third-order valence-corrected chi connectivity index (χ3v) is 1.42. The molecule has 47 valence electrons. The van der Waals surface area contributed by atoms with Gasteiger partial charge in [-0.3, -0.25) is 0 Å². The summed E-state index contributed by atoms with van der Waals surface area (Å²) in [5, 5.41) is 3.01. The van der Waals surface area contributed by atoms with Crippen LogP contribution in [0.15, 0.2) is 29.2 Å². The smallest absolute Gasteiger partial charge is 0.0378 e. The number of rotatable bonds is 1. The minimum absolute atomic E-state index is 0.883. The van der Waals surface area contributed by atoms with Crippen molar-refractivity contribution >= 4 is 18.3 Å². The van der Waals surface area contributed by atoms with Crippen molar-refractivity contribution in [2.24, 2.45) is 0 Å². The molecule has 0 atom stereocenters. The number of anilines is 1. The van der Waals surface area contributed by atoms with E-state index in [1.165, 1.54) is 0 Å². The molecule has 1 N–H and O–H groups in total. The second-order valence-corrected chi connectivity index (χ2v) is 2.25. The van der Waals surface area contributed by atoms with Crippen molar-refractivity contribution in [3.63, 3.8) is 0 Å². The van der Waals surface area contributed by atoms with Gasteiger partial charge in [-0.1, -0.05) is 12.6 Å². The first-order valence-corrected chi connectivity index (χ1v) is 3.18. The molecular weight excluding hydrogens is 130 g/mol. The average molecular weight is 138 g/mol. The molecule has 0 aromatic heterocycles. The highest BCUT2D eigenvalue weighted by molar-refractivity contribution is 7.80. The van der Waals surface area contributed by atoms with E-state index in [1.54, 1.807) is 0 Å². The Labute approximate surface area is 60.5 Å². The number of nitrogens with one attached hydrogen (secondary N) is 1. The predicted octanol–water partition coefficient (Wildman–Crippen LogP) is 2.28. The van der Waals surface area contributed by atoms with Gasteiger partial charge in [0, 0.05) is 17.6 Å². The van der Waals surface area contributed by atoms with E-state index < -0.39 is 0 Å². The van der Waals surface area contributed by atoms with Crippen LogP contribution in [0.5, 0.6) is 0 Å². The van der Waals surface area contributed by atoms with Crippen molar-refractivity contribution in [2.75, 3.05) is 12.4 Å². The predicted molar refractivity (Wildman–Crippen MR) is 41.8 cm³/mol. The molecule has 0 spiro atoms. The SMILES string of the molecule is CNc1ccc([S])cc1. The fourth-order valence-electron chi connectivity index (χ4n) is 0.622. The summed E-state index contributed by atoms with van der Waals surface area (Å²) in [6.07, 6.45) is 0. The van der Waals surface area contributed by atoms with Crippen molar-refractivity contribution in [1.29, 1.82) is 0 Å². The fourth-order valence-corrected chi connectivity index (χ4v) is 0.758. The van der Waals surface area contributed by atoms with Gasteiger partial charge in [-0.25, -0.2) is 0 Å². The lowest BCUT2D eigenvalue weighted by Crippen LogP contribution is -1.85. The zero-order chi connectivity index (χ0) is 6.69. The molecule has 9 heavy (non-hydrogen) atoms.